The molecule has 0 spiro atoms. The van der Waals surface area contributed by atoms with Gasteiger partial charge >= 0.3 is 0 Å². The molecule has 20 nitrogen and oxygen atoms in total. The van der Waals surface area contributed by atoms with Gasteiger partial charge in [-0.25, -0.2) is 9.97 Å². The minimum Gasteiger partial charge on any atom is -0.490 e. The van der Waals surface area contributed by atoms with E-state index < -0.39 is 37.2 Å². The fourth-order valence-corrected chi connectivity index (χ4v) is 7.83. The Labute approximate surface area is 420 Å². The Balaban J connectivity index is 0.000000267. The molecule has 0 radical (unpaired) electrons. The quantitative estimate of drug-likeness (QED) is 0.0446. The lowest BCUT2D eigenvalue weighted by molar-refractivity contribution is -0.125. The van der Waals surface area contributed by atoms with Crippen LogP contribution in [0.5, 0.6) is 11.5 Å². The van der Waals surface area contributed by atoms with Gasteiger partial charge in [-0.15, -0.1) is 0 Å². The third-order valence-corrected chi connectivity index (χ3v) is 11.6. The number of amides is 2. The van der Waals surface area contributed by atoms with Crippen LogP contribution >= 0.6 is 0 Å². The van der Waals surface area contributed by atoms with Gasteiger partial charge in [-0.1, -0.05) is 24.2 Å². The van der Waals surface area contributed by atoms with Crippen molar-refractivity contribution in [3.8, 4) is 57.2 Å². The maximum Gasteiger partial charge on any atom is 0.258 e. The van der Waals surface area contributed by atoms with Crippen LogP contribution in [0, 0.1) is 27.7 Å². The van der Waals surface area contributed by atoms with E-state index in [0.717, 1.165) is 93.7 Å². The first kappa shape index (κ1) is 55.9. The molecule has 6 aromatic rings. The molecule has 2 unspecified atom stereocenters. The number of hydrogen-bond acceptors (Lipinski definition) is 18. The number of rotatable bonds is 24. The van der Waals surface area contributed by atoms with Crippen molar-refractivity contribution in [2.45, 2.75) is 94.3 Å². The third kappa shape index (κ3) is 15.0. The van der Waals surface area contributed by atoms with Gasteiger partial charge < -0.3 is 59.4 Å². The SMILES string of the molecule is CCc1cc(-c2noc(-c3cc(C)nc(N(CC)CC)c3)n2)cc(C)c1OCC(O)CNC(=O)CO.CCc1cc(-c2noc(-c3cc(C)nc(N(CC)CC)c3)n2)cc(C)c1OCC(O)CNC(=O)CO. The van der Waals surface area contributed by atoms with Crippen molar-refractivity contribution in [2.75, 3.05) is 75.5 Å². The summed E-state index contributed by atoms with van der Waals surface area (Å²) in [5, 5.41) is 51.0. The van der Waals surface area contributed by atoms with Crippen molar-refractivity contribution >= 4 is 23.5 Å². The van der Waals surface area contributed by atoms with Crippen LogP contribution < -0.4 is 29.9 Å². The van der Waals surface area contributed by atoms with Gasteiger partial charge in [0.15, 0.2) is 0 Å². The summed E-state index contributed by atoms with van der Waals surface area (Å²) >= 11 is 0. The molecule has 4 heterocycles. The zero-order valence-electron chi connectivity index (χ0n) is 43.1. The average molecular weight is 995 g/mol. The number of aliphatic hydroxyl groups is 4. The van der Waals surface area contributed by atoms with Crippen LogP contribution in [0.25, 0.3) is 45.7 Å². The van der Waals surface area contributed by atoms with E-state index in [9.17, 15) is 19.8 Å². The first-order valence-electron chi connectivity index (χ1n) is 24.4. The van der Waals surface area contributed by atoms with Crippen LogP contribution in [0.2, 0.25) is 0 Å². The molecule has 0 aliphatic heterocycles. The first-order valence-corrected chi connectivity index (χ1v) is 24.4. The predicted octanol–water partition coefficient (Wildman–Crippen LogP) is 5.34. The van der Waals surface area contributed by atoms with Gasteiger partial charge in [0, 0.05) is 72.9 Å². The summed E-state index contributed by atoms with van der Waals surface area (Å²) in [6.07, 6.45) is -0.422. The van der Waals surface area contributed by atoms with E-state index in [4.69, 9.17) is 28.7 Å². The lowest BCUT2D eigenvalue weighted by Crippen LogP contribution is -2.36. The highest BCUT2D eigenvalue weighted by Crippen LogP contribution is 2.34. The molecule has 2 aromatic carbocycles. The Kier molecular flexibility index (Phi) is 21.0. The minimum absolute atomic E-state index is 0.00151. The number of aliphatic hydroxyl groups excluding tert-OH is 4. The Morgan fingerprint density at radius 1 is 0.556 bits per heavy atom. The van der Waals surface area contributed by atoms with Crippen LogP contribution in [0.1, 0.15) is 75.2 Å². The summed E-state index contributed by atoms with van der Waals surface area (Å²) < 4.78 is 23.0. The predicted molar refractivity (Wildman–Crippen MR) is 274 cm³/mol. The van der Waals surface area contributed by atoms with Gasteiger partial charge in [0.05, 0.1) is 0 Å². The summed E-state index contributed by atoms with van der Waals surface area (Å²) in [5.74, 6) is 3.79. The fourth-order valence-electron chi connectivity index (χ4n) is 7.83. The second-order valence-electron chi connectivity index (χ2n) is 17.0. The number of nitrogens with zero attached hydrogens (tertiary/aromatic N) is 8. The second kappa shape index (κ2) is 27.0. The van der Waals surface area contributed by atoms with Crippen LogP contribution in [0.4, 0.5) is 11.6 Å². The van der Waals surface area contributed by atoms with Gasteiger partial charge in [-0.3, -0.25) is 9.59 Å². The van der Waals surface area contributed by atoms with E-state index in [1.807, 2.05) is 90.1 Å². The number of benzene rings is 2. The van der Waals surface area contributed by atoms with Crippen molar-refractivity contribution in [3.63, 3.8) is 0 Å². The lowest BCUT2D eigenvalue weighted by Gasteiger charge is -2.20. The van der Waals surface area contributed by atoms with Gasteiger partial charge in [-0.05, 0) is 139 Å². The summed E-state index contributed by atoms with van der Waals surface area (Å²) in [4.78, 5) is 45.2. The number of ether oxygens (including phenoxy) is 2. The Hall–Kier alpha value is -7.00. The molecule has 6 rings (SSSR count). The van der Waals surface area contributed by atoms with Crippen molar-refractivity contribution in [1.29, 1.82) is 0 Å². The van der Waals surface area contributed by atoms with Crippen molar-refractivity contribution < 1.29 is 48.5 Å². The van der Waals surface area contributed by atoms with Crippen molar-refractivity contribution in [2.24, 2.45) is 0 Å². The third-order valence-electron chi connectivity index (χ3n) is 11.6. The molecule has 0 saturated carbocycles. The Morgan fingerprint density at radius 2 is 0.931 bits per heavy atom. The molecule has 72 heavy (non-hydrogen) atoms. The zero-order chi connectivity index (χ0) is 52.5. The molecule has 0 aliphatic rings. The van der Waals surface area contributed by atoms with Crippen LogP contribution in [-0.4, -0.2) is 140 Å². The van der Waals surface area contributed by atoms with Gasteiger partial charge in [0.25, 0.3) is 11.8 Å². The molecule has 6 N–H and O–H groups in total. The maximum atomic E-state index is 11.2. The number of pyridine rings is 2. The standard InChI is InChI=1S/2C26H35N5O5/c2*1-6-18-11-19(9-16(4)24(18)35-15-21(33)13-27-23(34)14-32)25-29-26(36-30-25)20-10-17(5)28-22(12-20)31(7-2)8-3/h2*9-12,21,32-33H,6-8,13-15H2,1-5H3,(H,27,34). The zero-order valence-corrected chi connectivity index (χ0v) is 43.1. The molecular weight excluding hydrogens is 925 g/mol. The van der Waals surface area contributed by atoms with Gasteiger partial charge in [-0.2, -0.15) is 9.97 Å². The number of carbonyl (C=O) groups excluding carboxylic acids is 2. The molecule has 388 valence electrons. The molecule has 0 aliphatic carbocycles. The summed E-state index contributed by atoms with van der Waals surface area (Å²) in [7, 11) is 0. The van der Waals surface area contributed by atoms with Gasteiger partial charge in [0.2, 0.25) is 23.5 Å². The topological polar surface area (TPSA) is 268 Å². The molecule has 0 saturated heterocycles. The normalized spacial score (nSPS) is 11.9. The largest absolute Gasteiger partial charge is 0.490 e. The highest BCUT2D eigenvalue weighted by Gasteiger charge is 2.20. The number of aromatic nitrogens is 6. The maximum absolute atomic E-state index is 11.2. The van der Waals surface area contributed by atoms with E-state index >= 15 is 0 Å². The van der Waals surface area contributed by atoms with Gasteiger partial charge in [0.1, 0.15) is 61.8 Å². The number of nitrogens with one attached hydrogen (secondary N) is 2. The molecule has 2 amide bonds. The highest BCUT2D eigenvalue weighted by atomic mass is 16.5. The fraction of sp³-hybridized carbons (Fsp3) is 0.462. The lowest BCUT2D eigenvalue weighted by atomic mass is 10.0. The summed E-state index contributed by atoms with van der Waals surface area (Å²) in [6, 6.07) is 15.5. The van der Waals surface area contributed by atoms with E-state index in [-0.39, 0.29) is 26.3 Å². The Bertz CT molecular complexity index is 2530. The molecular formula is C52H70N10O10. The van der Waals surface area contributed by atoms with E-state index in [1.54, 1.807) is 0 Å². The molecule has 0 fully saturated rings. The van der Waals surface area contributed by atoms with Crippen LogP contribution in [0.15, 0.2) is 57.6 Å². The number of anilines is 2. The molecule has 0 bridgehead atoms. The highest BCUT2D eigenvalue weighted by molar-refractivity contribution is 5.77. The summed E-state index contributed by atoms with van der Waals surface area (Å²) in [6.45, 7) is 22.3. The number of aryl methyl sites for hydroxylation is 6. The molecule has 2 atom stereocenters. The van der Waals surface area contributed by atoms with E-state index in [2.05, 4.69) is 78.4 Å². The first-order chi connectivity index (χ1) is 34.6. The monoisotopic (exact) mass is 995 g/mol. The minimum atomic E-state index is -0.908. The average Bonchev–Trinajstić information content (AvgIpc) is 4.09. The van der Waals surface area contributed by atoms with Crippen LogP contribution in [-0.2, 0) is 22.4 Å². The van der Waals surface area contributed by atoms with Crippen molar-refractivity contribution in [3.05, 3.63) is 82.2 Å². The Morgan fingerprint density at radius 3 is 1.26 bits per heavy atom. The second-order valence-corrected chi connectivity index (χ2v) is 17.0. The summed E-state index contributed by atoms with van der Waals surface area (Å²) in [5.41, 5.74) is 8.59. The van der Waals surface area contributed by atoms with E-state index in [1.165, 1.54) is 0 Å². The molecule has 4 aromatic heterocycles. The van der Waals surface area contributed by atoms with Crippen LogP contribution in [0.3, 0.4) is 0 Å². The van der Waals surface area contributed by atoms with Crippen molar-refractivity contribution in [1.82, 2.24) is 40.9 Å². The smallest absolute Gasteiger partial charge is 0.258 e. The number of carbonyl (C=O) groups is 2. The molecule has 20 heteroatoms. The number of hydrogen-bond donors (Lipinski definition) is 6. The van der Waals surface area contributed by atoms with E-state index in [0.29, 0.717) is 47.8 Å².